The number of carbonyl (C=O) groups excluding carboxylic acids is 2. The van der Waals surface area contributed by atoms with Gasteiger partial charge in [0.05, 0.1) is 6.07 Å². The second-order valence-electron chi connectivity index (χ2n) is 2.81. The molecule has 6 heteroatoms. The van der Waals surface area contributed by atoms with E-state index in [9.17, 15) is 9.59 Å². The molecule has 0 saturated heterocycles. The minimum Gasteiger partial charge on any atom is -0.353 e. The van der Waals surface area contributed by atoms with Crippen LogP contribution in [0.25, 0.3) is 0 Å². The number of amides is 3. The second-order valence-corrected chi connectivity index (χ2v) is 2.81. The van der Waals surface area contributed by atoms with Crippen molar-refractivity contribution in [2.45, 2.75) is 6.42 Å². The van der Waals surface area contributed by atoms with Crippen LogP contribution in [-0.2, 0) is 4.79 Å². The molecule has 0 aliphatic heterocycles. The topological polar surface area (TPSA) is 85.2 Å². The quantitative estimate of drug-likeness (QED) is 0.585. The van der Waals surface area contributed by atoms with Crippen LogP contribution in [0, 0.1) is 11.3 Å². The van der Waals surface area contributed by atoms with E-state index < -0.39 is 0 Å². The third-order valence-corrected chi connectivity index (χ3v) is 1.37. The van der Waals surface area contributed by atoms with Crippen molar-refractivity contribution in [3.63, 3.8) is 0 Å². The van der Waals surface area contributed by atoms with E-state index in [1.165, 1.54) is 4.90 Å². The van der Waals surface area contributed by atoms with Gasteiger partial charge in [-0.1, -0.05) is 0 Å². The molecule has 0 bridgehead atoms. The van der Waals surface area contributed by atoms with Crippen molar-refractivity contribution in [3.8, 4) is 6.07 Å². The van der Waals surface area contributed by atoms with Crippen molar-refractivity contribution in [3.05, 3.63) is 0 Å². The lowest BCUT2D eigenvalue weighted by Gasteiger charge is -2.11. The van der Waals surface area contributed by atoms with E-state index in [0.29, 0.717) is 13.1 Å². The van der Waals surface area contributed by atoms with Crippen LogP contribution >= 0.6 is 0 Å². The number of urea groups is 1. The van der Waals surface area contributed by atoms with Crippen molar-refractivity contribution in [1.29, 1.82) is 5.26 Å². The van der Waals surface area contributed by atoms with Crippen LogP contribution < -0.4 is 10.6 Å². The highest BCUT2D eigenvalue weighted by molar-refractivity contribution is 5.78. The Labute approximate surface area is 82.9 Å². The summed E-state index contributed by atoms with van der Waals surface area (Å²) in [5, 5.41) is 13.2. The zero-order chi connectivity index (χ0) is 11.0. The summed E-state index contributed by atoms with van der Waals surface area (Å²) in [7, 11) is 3.26. The average Bonchev–Trinajstić information content (AvgIpc) is 2.12. The monoisotopic (exact) mass is 198 g/mol. The first kappa shape index (κ1) is 12.2. The number of nitriles is 1. The van der Waals surface area contributed by atoms with Crippen LogP contribution in [0.2, 0.25) is 0 Å². The van der Waals surface area contributed by atoms with Crippen molar-refractivity contribution in [2.24, 2.45) is 0 Å². The number of hydrogen-bond acceptors (Lipinski definition) is 3. The molecule has 0 spiro atoms. The van der Waals surface area contributed by atoms with E-state index in [4.69, 9.17) is 5.26 Å². The van der Waals surface area contributed by atoms with E-state index in [2.05, 4.69) is 10.6 Å². The summed E-state index contributed by atoms with van der Waals surface area (Å²) < 4.78 is 0. The fourth-order valence-electron chi connectivity index (χ4n) is 0.664. The molecule has 0 atom stereocenters. The Bertz CT molecular complexity index is 244. The van der Waals surface area contributed by atoms with Gasteiger partial charge < -0.3 is 15.5 Å². The Kier molecular flexibility index (Phi) is 5.87. The van der Waals surface area contributed by atoms with Crippen molar-refractivity contribution in [1.82, 2.24) is 15.5 Å². The summed E-state index contributed by atoms with van der Waals surface area (Å²) in [4.78, 5) is 23.1. The molecular weight excluding hydrogens is 184 g/mol. The maximum Gasteiger partial charge on any atom is 0.316 e. The highest BCUT2D eigenvalue weighted by atomic mass is 16.2. The molecule has 0 aliphatic rings. The largest absolute Gasteiger partial charge is 0.353 e. The normalized spacial score (nSPS) is 8.64. The maximum atomic E-state index is 11.0. The third-order valence-electron chi connectivity index (χ3n) is 1.37. The summed E-state index contributed by atoms with van der Waals surface area (Å²) in [6.45, 7) is 0.689. The van der Waals surface area contributed by atoms with E-state index in [0.717, 1.165) is 0 Å². The first-order valence-corrected chi connectivity index (χ1v) is 4.16. The first-order chi connectivity index (χ1) is 6.57. The van der Waals surface area contributed by atoms with Crippen LogP contribution in [0.1, 0.15) is 6.42 Å². The van der Waals surface area contributed by atoms with E-state index in [1.807, 2.05) is 0 Å². The fraction of sp³-hybridized carbons (Fsp3) is 0.625. The zero-order valence-electron chi connectivity index (χ0n) is 8.33. The number of carbonyl (C=O) groups is 2. The van der Waals surface area contributed by atoms with Crippen LogP contribution in [0.4, 0.5) is 4.79 Å². The Hall–Kier alpha value is -1.77. The standard InChI is InChI=1S/C8H14N4O2/c1-12(2)8(14)11-6-5-10-7(13)3-4-9/h3,5-6H2,1-2H3,(H,10,13)(H,11,14). The minimum atomic E-state index is -0.327. The van der Waals surface area contributed by atoms with Gasteiger partial charge in [0, 0.05) is 27.2 Å². The molecule has 0 fully saturated rings. The van der Waals surface area contributed by atoms with E-state index in [1.54, 1.807) is 20.2 Å². The van der Waals surface area contributed by atoms with Crippen molar-refractivity contribution in [2.75, 3.05) is 27.2 Å². The molecule has 14 heavy (non-hydrogen) atoms. The minimum absolute atomic E-state index is 0.151. The van der Waals surface area contributed by atoms with Crippen LogP contribution in [-0.4, -0.2) is 44.0 Å². The second kappa shape index (κ2) is 6.71. The molecule has 0 heterocycles. The molecular formula is C8H14N4O2. The average molecular weight is 198 g/mol. The Morgan fingerprint density at radius 2 is 1.86 bits per heavy atom. The molecule has 78 valence electrons. The summed E-state index contributed by atoms with van der Waals surface area (Å²) in [6, 6.07) is 1.52. The molecule has 2 N–H and O–H groups in total. The molecule has 6 nitrogen and oxygen atoms in total. The summed E-state index contributed by atoms with van der Waals surface area (Å²) in [6.07, 6.45) is -0.151. The molecule has 0 aromatic carbocycles. The maximum absolute atomic E-state index is 11.0. The van der Waals surface area contributed by atoms with Gasteiger partial charge >= 0.3 is 6.03 Å². The molecule has 0 saturated carbocycles. The predicted molar refractivity (Wildman–Crippen MR) is 50.3 cm³/mol. The number of rotatable bonds is 4. The first-order valence-electron chi connectivity index (χ1n) is 4.16. The summed E-state index contributed by atoms with van der Waals surface area (Å²) in [5.74, 6) is -0.327. The molecule has 0 aromatic rings. The van der Waals surface area contributed by atoms with E-state index >= 15 is 0 Å². The van der Waals surface area contributed by atoms with Crippen LogP contribution in [0.3, 0.4) is 0 Å². The smallest absolute Gasteiger partial charge is 0.316 e. The van der Waals surface area contributed by atoms with Gasteiger partial charge in [0.15, 0.2) is 0 Å². The number of nitrogens with zero attached hydrogens (tertiary/aromatic N) is 2. The number of nitrogens with one attached hydrogen (secondary N) is 2. The molecule has 0 unspecified atom stereocenters. The molecule has 0 aliphatic carbocycles. The fourth-order valence-corrected chi connectivity index (χ4v) is 0.664. The highest BCUT2D eigenvalue weighted by Crippen LogP contribution is 1.76. The van der Waals surface area contributed by atoms with Crippen LogP contribution in [0.15, 0.2) is 0 Å². The van der Waals surface area contributed by atoms with Gasteiger partial charge in [-0.05, 0) is 0 Å². The van der Waals surface area contributed by atoms with Gasteiger partial charge in [0.25, 0.3) is 0 Å². The summed E-state index contributed by atoms with van der Waals surface area (Å²) in [5.41, 5.74) is 0. The number of hydrogen-bond donors (Lipinski definition) is 2. The van der Waals surface area contributed by atoms with Gasteiger partial charge in [-0.15, -0.1) is 0 Å². The lowest BCUT2D eigenvalue weighted by Crippen LogP contribution is -2.39. The summed E-state index contributed by atoms with van der Waals surface area (Å²) >= 11 is 0. The van der Waals surface area contributed by atoms with Gasteiger partial charge in [-0.3, -0.25) is 4.79 Å². The molecule has 0 radical (unpaired) electrons. The lowest BCUT2D eigenvalue weighted by molar-refractivity contribution is -0.120. The van der Waals surface area contributed by atoms with Gasteiger partial charge in [0.1, 0.15) is 6.42 Å². The zero-order valence-corrected chi connectivity index (χ0v) is 8.33. The Morgan fingerprint density at radius 3 is 2.36 bits per heavy atom. The third kappa shape index (κ3) is 5.83. The van der Waals surface area contributed by atoms with Crippen molar-refractivity contribution >= 4 is 11.9 Å². The van der Waals surface area contributed by atoms with E-state index in [-0.39, 0.29) is 18.4 Å². The highest BCUT2D eigenvalue weighted by Gasteiger charge is 2.02. The van der Waals surface area contributed by atoms with Gasteiger partial charge in [-0.2, -0.15) is 5.26 Å². The van der Waals surface area contributed by atoms with Crippen molar-refractivity contribution < 1.29 is 9.59 Å². The molecule has 0 aromatic heterocycles. The SMILES string of the molecule is CN(C)C(=O)NCCNC(=O)CC#N. The lowest BCUT2D eigenvalue weighted by atomic mass is 10.4. The van der Waals surface area contributed by atoms with Gasteiger partial charge in [0.2, 0.25) is 5.91 Å². The van der Waals surface area contributed by atoms with Crippen LogP contribution in [0.5, 0.6) is 0 Å². The van der Waals surface area contributed by atoms with Gasteiger partial charge in [-0.25, -0.2) is 4.79 Å². The molecule has 0 rings (SSSR count). The Balaban J connectivity index is 3.43. The molecule has 3 amide bonds. The predicted octanol–water partition coefficient (Wildman–Crippen LogP) is -0.713. The Morgan fingerprint density at radius 1 is 1.29 bits per heavy atom.